The maximum atomic E-state index is 13.2. The molecule has 0 saturated carbocycles. The van der Waals surface area contributed by atoms with Crippen LogP contribution in [-0.4, -0.2) is 19.6 Å². The molecule has 0 aliphatic rings. The summed E-state index contributed by atoms with van der Waals surface area (Å²) in [6.45, 7) is 6.44. The Morgan fingerprint density at radius 3 is 2.44 bits per heavy atom. The minimum absolute atomic E-state index is 0.0736. The van der Waals surface area contributed by atoms with Gasteiger partial charge in [-0.15, -0.1) is 6.58 Å². The molecule has 0 aromatic heterocycles. The summed E-state index contributed by atoms with van der Waals surface area (Å²) in [5.41, 5.74) is 2.62. The first-order valence-electron chi connectivity index (χ1n) is 11.3. The van der Waals surface area contributed by atoms with Crippen molar-refractivity contribution < 1.29 is 23.4 Å². The first-order valence-corrected chi connectivity index (χ1v) is 11.3. The molecular formula is C29H27FN2O4. The Morgan fingerprint density at radius 2 is 1.83 bits per heavy atom. The van der Waals surface area contributed by atoms with Crippen LogP contribution in [0.2, 0.25) is 0 Å². The van der Waals surface area contributed by atoms with Crippen molar-refractivity contribution in [3.8, 4) is 23.3 Å². The number of amides is 1. The minimum Gasteiger partial charge on any atom is -0.494 e. The highest BCUT2D eigenvalue weighted by Crippen LogP contribution is 2.35. The molecule has 0 bridgehead atoms. The molecule has 0 heterocycles. The molecule has 3 rings (SSSR count). The van der Waals surface area contributed by atoms with Crippen molar-refractivity contribution in [2.45, 2.75) is 20.0 Å². The summed E-state index contributed by atoms with van der Waals surface area (Å²) in [6, 6.07) is 18.4. The Hall–Kier alpha value is -4.57. The van der Waals surface area contributed by atoms with Crippen molar-refractivity contribution in [3.05, 3.63) is 101 Å². The van der Waals surface area contributed by atoms with E-state index in [0.717, 1.165) is 11.1 Å². The first kappa shape index (κ1) is 26.0. The predicted octanol–water partition coefficient (Wildman–Crippen LogP) is 6.09. The van der Waals surface area contributed by atoms with Crippen LogP contribution in [0.15, 0.2) is 78.9 Å². The molecule has 6 nitrogen and oxygen atoms in total. The topological polar surface area (TPSA) is 80.6 Å². The molecule has 0 spiro atoms. The highest BCUT2D eigenvalue weighted by Gasteiger charge is 2.15. The normalized spacial score (nSPS) is 10.8. The third-order valence-corrected chi connectivity index (χ3v) is 5.13. The number of benzene rings is 3. The van der Waals surface area contributed by atoms with Gasteiger partial charge in [0.05, 0.1) is 13.7 Å². The van der Waals surface area contributed by atoms with Crippen LogP contribution in [0.5, 0.6) is 17.2 Å². The predicted molar refractivity (Wildman–Crippen MR) is 137 cm³/mol. The molecule has 0 radical (unpaired) electrons. The number of nitrogens with one attached hydrogen (secondary N) is 1. The molecule has 0 aliphatic heterocycles. The molecule has 184 valence electrons. The van der Waals surface area contributed by atoms with Crippen LogP contribution < -0.4 is 19.5 Å². The number of carbonyl (C=O) groups is 1. The molecular weight excluding hydrogens is 459 g/mol. The summed E-state index contributed by atoms with van der Waals surface area (Å²) >= 11 is 0. The van der Waals surface area contributed by atoms with E-state index in [1.54, 1.807) is 48.5 Å². The van der Waals surface area contributed by atoms with E-state index in [1.165, 1.54) is 25.3 Å². The number of nitrogens with zero attached hydrogens (tertiary/aromatic N) is 1. The second-order valence-electron chi connectivity index (χ2n) is 7.70. The van der Waals surface area contributed by atoms with Crippen molar-refractivity contribution in [1.82, 2.24) is 0 Å². The van der Waals surface area contributed by atoms with Crippen molar-refractivity contribution >= 4 is 17.7 Å². The van der Waals surface area contributed by atoms with E-state index in [2.05, 4.69) is 11.9 Å². The molecule has 0 unspecified atom stereocenters. The van der Waals surface area contributed by atoms with Gasteiger partial charge in [0.1, 0.15) is 29.8 Å². The van der Waals surface area contributed by atoms with Crippen LogP contribution in [0, 0.1) is 17.1 Å². The highest BCUT2D eigenvalue weighted by molar-refractivity contribution is 6.09. The van der Waals surface area contributed by atoms with Gasteiger partial charge in [-0.3, -0.25) is 4.79 Å². The van der Waals surface area contributed by atoms with Gasteiger partial charge in [0.25, 0.3) is 5.91 Å². The number of carbonyl (C=O) groups excluding carboxylic acids is 1. The Balaban J connectivity index is 1.84. The standard InChI is InChI=1S/C29H27FN2O4/c1-4-6-22-15-21(17-27(34-3)28(22)36-19-20-7-9-24(30)10-8-20)16-23(18-31)29(33)32-25-11-13-26(14-12-25)35-5-2/h4,7-17H,1,5-6,19H2,2-3H3,(H,32,33)/b23-16+. The van der Waals surface area contributed by atoms with E-state index in [4.69, 9.17) is 14.2 Å². The number of hydrogen-bond acceptors (Lipinski definition) is 5. The monoisotopic (exact) mass is 486 g/mol. The van der Waals surface area contributed by atoms with E-state index in [0.29, 0.717) is 41.5 Å². The average Bonchev–Trinajstić information content (AvgIpc) is 2.88. The molecule has 0 aliphatic carbocycles. The second-order valence-corrected chi connectivity index (χ2v) is 7.70. The number of hydrogen-bond donors (Lipinski definition) is 1. The number of anilines is 1. The Labute approximate surface area is 210 Å². The molecule has 3 aromatic rings. The van der Waals surface area contributed by atoms with E-state index >= 15 is 0 Å². The molecule has 0 fully saturated rings. The number of methoxy groups -OCH3 is 1. The van der Waals surface area contributed by atoms with Gasteiger partial charge >= 0.3 is 0 Å². The fraction of sp³-hybridized carbons (Fsp3) is 0.172. The fourth-order valence-corrected chi connectivity index (χ4v) is 3.44. The van der Waals surface area contributed by atoms with Crippen LogP contribution in [0.3, 0.4) is 0 Å². The fourth-order valence-electron chi connectivity index (χ4n) is 3.44. The zero-order chi connectivity index (χ0) is 25.9. The second kappa shape index (κ2) is 12.8. The number of halogens is 1. The summed E-state index contributed by atoms with van der Waals surface area (Å²) in [6.07, 6.45) is 3.68. The minimum atomic E-state index is -0.539. The highest BCUT2D eigenvalue weighted by atomic mass is 19.1. The van der Waals surface area contributed by atoms with Crippen LogP contribution in [0.4, 0.5) is 10.1 Å². The quantitative estimate of drug-likeness (QED) is 0.202. The Kier molecular flexibility index (Phi) is 9.24. The van der Waals surface area contributed by atoms with E-state index in [1.807, 2.05) is 19.1 Å². The smallest absolute Gasteiger partial charge is 0.266 e. The number of rotatable bonds is 11. The van der Waals surface area contributed by atoms with Gasteiger partial charge in [0, 0.05) is 11.3 Å². The molecule has 1 amide bonds. The van der Waals surface area contributed by atoms with Crippen molar-refractivity contribution in [2.24, 2.45) is 0 Å². The number of allylic oxidation sites excluding steroid dienone is 1. The zero-order valence-corrected chi connectivity index (χ0v) is 20.2. The maximum absolute atomic E-state index is 13.2. The summed E-state index contributed by atoms with van der Waals surface area (Å²) in [5.74, 6) is 0.778. The summed E-state index contributed by atoms with van der Waals surface area (Å²) < 4.78 is 30.1. The van der Waals surface area contributed by atoms with Gasteiger partial charge < -0.3 is 19.5 Å². The van der Waals surface area contributed by atoms with E-state index in [9.17, 15) is 14.4 Å². The number of nitriles is 1. The van der Waals surface area contributed by atoms with Gasteiger partial charge in [-0.1, -0.05) is 18.2 Å². The molecule has 7 heteroatoms. The Bertz CT molecular complexity index is 1280. The third-order valence-electron chi connectivity index (χ3n) is 5.13. The number of ether oxygens (including phenoxy) is 3. The van der Waals surface area contributed by atoms with Gasteiger partial charge in [-0.2, -0.15) is 5.26 Å². The lowest BCUT2D eigenvalue weighted by atomic mass is 10.0. The lowest BCUT2D eigenvalue weighted by Crippen LogP contribution is -2.13. The summed E-state index contributed by atoms with van der Waals surface area (Å²) in [7, 11) is 1.51. The first-order chi connectivity index (χ1) is 17.5. The maximum Gasteiger partial charge on any atom is 0.266 e. The largest absolute Gasteiger partial charge is 0.494 e. The van der Waals surface area contributed by atoms with Crippen LogP contribution in [-0.2, 0) is 17.8 Å². The van der Waals surface area contributed by atoms with Crippen molar-refractivity contribution in [1.29, 1.82) is 5.26 Å². The third kappa shape index (κ3) is 6.97. The van der Waals surface area contributed by atoms with Gasteiger partial charge in [-0.05, 0) is 79.1 Å². The van der Waals surface area contributed by atoms with E-state index < -0.39 is 5.91 Å². The Morgan fingerprint density at radius 1 is 1.11 bits per heavy atom. The van der Waals surface area contributed by atoms with Gasteiger partial charge in [0.15, 0.2) is 11.5 Å². The van der Waals surface area contributed by atoms with Gasteiger partial charge in [0.2, 0.25) is 0 Å². The average molecular weight is 487 g/mol. The van der Waals surface area contributed by atoms with Gasteiger partial charge in [-0.25, -0.2) is 4.39 Å². The molecule has 36 heavy (non-hydrogen) atoms. The van der Waals surface area contributed by atoms with Crippen LogP contribution in [0.25, 0.3) is 6.08 Å². The lowest BCUT2D eigenvalue weighted by molar-refractivity contribution is -0.112. The zero-order valence-electron chi connectivity index (χ0n) is 20.2. The SMILES string of the molecule is C=CCc1cc(/C=C(\C#N)C(=O)Nc2ccc(OCC)cc2)cc(OC)c1OCc1ccc(F)cc1. The van der Waals surface area contributed by atoms with E-state index in [-0.39, 0.29) is 18.0 Å². The summed E-state index contributed by atoms with van der Waals surface area (Å²) in [5, 5.41) is 12.4. The molecule has 0 atom stereocenters. The van der Waals surface area contributed by atoms with Crippen LogP contribution in [0.1, 0.15) is 23.6 Å². The summed E-state index contributed by atoms with van der Waals surface area (Å²) in [4.78, 5) is 12.7. The molecule has 0 saturated heterocycles. The molecule has 3 aromatic carbocycles. The lowest BCUT2D eigenvalue weighted by Gasteiger charge is -2.16. The van der Waals surface area contributed by atoms with Crippen molar-refractivity contribution in [2.75, 3.05) is 19.0 Å². The van der Waals surface area contributed by atoms with Crippen LogP contribution >= 0.6 is 0 Å². The molecule has 1 N–H and O–H groups in total. The van der Waals surface area contributed by atoms with Crippen molar-refractivity contribution in [3.63, 3.8) is 0 Å².